The van der Waals surface area contributed by atoms with Crippen molar-refractivity contribution >= 4 is 5.97 Å². The number of nitrogens with zero attached hydrogens (tertiary/aromatic N) is 1. The van der Waals surface area contributed by atoms with E-state index in [1.54, 1.807) is 0 Å². The molecular formula is C12H17NO3. The van der Waals surface area contributed by atoms with Gasteiger partial charge in [0.25, 0.3) is 0 Å². The van der Waals surface area contributed by atoms with Crippen LogP contribution in [0.25, 0.3) is 0 Å². The number of aromatic nitrogens is 1. The Morgan fingerprint density at radius 3 is 2.25 bits per heavy atom. The summed E-state index contributed by atoms with van der Waals surface area (Å²) in [4.78, 5) is 22.0. The Hall–Kier alpha value is -1.58. The molecule has 1 atom stereocenters. The van der Waals surface area contributed by atoms with E-state index in [2.05, 4.69) is 0 Å². The van der Waals surface area contributed by atoms with Gasteiger partial charge in [0.05, 0.1) is 6.42 Å². The lowest BCUT2D eigenvalue weighted by Crippen LogP contribution is -2.20. The number of aryl methyl sites for hydroxylation is 2. The third kappa shape index (κ3) is 2.72. The largest absolute Gasteiger partial charge is 0.481 e. The molecule has 0 aliphatic heterocycles. The lowest BCUT2D eigenvalue weighted by atomic mass is 10.1. The second-order valence-electron chi connectivity index (χ2n) is 4.00. The van der Waals surface area contributed by atoms with Crippen molar-refractivity contribution in [3.05, 3.63) is 33.7 Å². The number of carboxylic acids is 1. The molecule has 0 bridgehead atoms. The second kappa shape index (κ2) is 4.96. The normalized spacial score (nSPS) is 12.4. The van der Waals surface area contributed by atoms with Gasteiger partial charge in [0.2, 0.25) is 0 Å². The fraction of sp³-hybridized carbons (Fsp3) is 0.500. The van der Waals surface area contributed by atoms with Crippen molar-refractivity contribution in [2.45, 2.75) is 39.7 Å². The van der Waals surface area contributed by atoms with Crippen LogP contribution in [-0.2, 0) is 4.79 Å². The van der Waals surface area contributed by atoms with Gasteiger partial charge in [-0.15, -0.1) is 0 Å². The lowest BCUT2D eigenvalue weighted by molar-refractivity contribution is -0.137. The van der Waals surface area contributed by atoms with E-state index < -0.39 is 5.97 Å². The Morgan fingerprint density at radius 2 is 1.88 bits per heavy atom. The van der Waals surface area contributed by atoms with Gasteiger partial charge in [0, 0.05) is 29.6 Å². The predicted molar refractivity (Wildman–Crippen MR) is 61.8 cm³/mol. The average Bonchev–Trinajstić information content (AvgIpc) is 2.13. The van der Waals surface area contributed by atoms with E-state index in [1.165, 1.54) is 12.1 Å². The van der Waals surface area contributed by atoms with Crippen molar-refractivity contribution in [1.82, 2.24) is 4.57 Å². The first-order valence-corrected chi connectivity index (χ1v) is 5.37. The topological polar surface area (TPSA) is 59.3 Å². The third-order valence-corrected chi connectivity index (χ3v) is 2.71. The first-order chi connectivity index (χ1) is 7.45. The van der Waals surface area contributed by atoms with Gasteiger partial charge in [-0.1, -0.05) is 6.92 Å². The van der Waals surface area contributed by atoms with Crippen molar-refractivity contribution in [2.24, 2.45) is 0 Å². The van der Waals surface area contributed by atoms with Gasteiger partial charge in [0.1, 0.15) is 0 Å². The number of carbonyl (C=O) groups is 1. The van der Waals surface area contributed by atoms with E-state index in [9.17, 15) is 9.59 Å². The zero-order chi connectivity index (χ0) is 12.3. The highest BCUT2D eigenvalue weighted by Crippen LogP contribution is 2.19. The van der Waals surface area contributed by atoms with Crippen LogP contribution in [0.2, 0.25) is 0 Å². The summed E-state index contributed by atoms with van der Waals surface area (Å²) in [6.07, 6.45) is 0.817. The molecule has 1 N–H and O–H groups in total. The average molecular weight is 223 g/mol. The van der Waals surface area contributed by atoms with Crippen LogP contribution < -0.4 is 5.43 Å². The minimum atomic E-state index is -0.815. The van der Waals surface area contributed by atoms with Gasteiger partial charge in [-0.3, -0.25) is 9.59 Å². The Labute approximate surface area is 94.5 Å². The summed E-state index contributed by atoms with van der Waals surface area (Å²) >= 11 is 0. The minimum Gasteiger partial charge on any atom is -0.481 e. The van der Waals surface area contributed by atoms with Crippen LogP contribution in [0.15, 0.2) is 16.9 Å². The van der Waals surface area contributed by atoms with E-state index >= 15 is 0 Å². The van der Waals surface area contributed by atoms with E-state index in [0.29, 0.717) is 0 Å². The molecule has 1 heterocycles. The summed E-state index contributed by atoms with van der Waals surface area (Å²) in [6.45, 7) is 5.61. The van der Waals surface area contributed by atoms with Crippen LogP contribution in [0.1, 0.15) is 37.2 Å². The Morgan fingerprint density at radius 1 is 1.38 bits per heavy atom. The highest BCUT2D eigenvalue weighted by molar-refractivity contribution is 5.67. The van der Waals surface area contributed by atoms with E-state index in [0.717, 1.165) is 17.8 Å². The summed E-state index contributed by atoms with van der Waals surface area (Å²) in [5, 5.41) is 8.84. The fourth-order valence-corrected chi connectivity index (χ4v) is 2.07. The highest BCUT2D eigenvalue weighted by atomic mass is 16.4. The SMILES string of the molecule is CCC(CC(=O)O)n1c(C)cc(=O)cc1C. The Bertz CT molecular complexity index is 422. The summed E-state index contributed by atoms with van der Waals surface area (Å²) < 4.78 is 1.93. The van der Waals surface area contributed by atoms with Gasteiger partial charge in [-0.2, -0.15) is 0 Å². The van der Waals surface area contributed by atoms with Gasteiger partial charge in [-0.25, -0.2) is 0 Å². The van der Waals surface area contributed by atoms with Gasteiger partial charge in [-0.05, 0) is 20.3 Å². The molecule has 1 aromatic rings. The van der Waals surface area contributed by atoms with Gasteiger partial charge in [0.15, 0.2) is 5.43 Å². The molecule has 0 amide bonds. The van der Waals surface area contributed by atoms with Gasteiger partial charge >= 0.3 is 5.97 Å². The van der Waals surface area contributed by atoms with Crippen molar-refractivity contribution in [1.29, 1.82) is 0 Å². The van der Waals surface area contributed by atoms with E-state index in [4.69, 9.17) is 5.11 Å². The molecule has 1 unspecified atom stereocenters. The number of carboxylic acid groups (broad SMARTS) is 1. The Kier molecular flexibility index (Phi) is 3.88. The van der Waals surface area contributed by atoms with Crippen LogP contribution in [-0.4, -0.2) is 15.6 Å². The molecule has 1 rings (SSSR count). The molecule has 1 aromatic heterocycles. The molecule has 0 aromatic carbocycles. The fourth-order valence-electron chi connectivity index (χ4n) is 2.07. The number of aliphatic carboxylic acids is 1. The molecule has 0 fully saturated rings. The predicted octanol–water partition coefficient (Wildman–Crippen LogP) is 1.89. The smallest absolute Gasteiger partial charge is 0.305 e. The van der Waals surface area contributed by atoms with Gasteiger partial charge < -0.3 is 9.67 Å². The highest BCUT2D eigenvalue weighted by Gasteiger charge is 2.15. The minimum absolute atomic E-state index is 0.0311. The Balaban J connectivity index is 3.19. The molecular weight excluding hydrogens is 206 g/mol. The number of rotatable bonds is 4. The maximum Gasteiger partial charge on any atom is 0.305 e. The zero-order valence-corrected chi connectivity index (χ0v) is 9.86. The van der Waals surface area contributed by atoms with Crippen LogP contribution in [0.5, 0.6) is 0 Å². The molecule has 88 valence electrons. The standard InChI is InChI=1S/C12H17NO3/c1-4-10(7-12(15)16)13-8(2)5-11(14)6-9(13)3/h5-6,10H,4,7H2,1-3H3,(H,15,16). The number of pyridine rings is 1. The van der Waals surface area contributed by atoms with Crippen LogP contribution >= 0.6 is 0 Å². The quantitative estimate of drug-likeness (QED) is 0.848. The summed E-state index contributed by atoms with van der Waals surface area (Å²) in [5.41, 5.74) is 1.60. The third-order valence-electron chi connectivity index (χ3n) is 2.71. The molecule has 0 aliphatic carbocycles. The van der Waals surface area contributed by atoms with Crippen molar-refractivity contribution in [3.63, 3.8) is 0 Å². The molecule has 4 heteroatoms. The van der Waals surface area contributed by atoms with Crippen molar-refractivity contribution < 1.29 is 9.90 Å². The maximum atomic E-state index is 11.3. The second-order valence-corrected chi connectivity index (χ2v) is 4.00. The zero-order valence-electron chi connectivity index (χ0n) is 9.86. The van der Waals surface area contributed by atoms with Crippen molar-refractivity contribution in [2.75, 3.05) is 0 Å². The molecule has 4 nitrogen and oxygen atoms in total. The van der Waals surface area contributed by atoms with Crippen LogP contribution in [0.3, 0.4) is 0 Å². The number of hydrogen-bond donors (Lipinski definition) is 1. The summed E-state index contributed by atoms with van der Waals surface area (Å²) in [7, 11) is 0. The lowest BCUT2D eigenvalue weighted by Gasteiger charge is -2.22. The monoisotopic (exact) mass is 223 g/mol. The van der Waals surface area contributed by atoms with Crippen LogP contribution in [0, 0.1) is 13.8 Å². The van der Waals surface area contributed by atoms with E-state index in [1.807, 2.05) is 25.3 Å². The van der Waals surface area contributed by atoms with Crippen LogP contribution in [0.4, 0.5) is 0 Å². The molecule has 0 spiro atoms. The maximum absolute atomic E-state index is 11.3. The molecule has 0 radical (unpaired) electrons. The summed E-state index contributed by atoms with van der Waals surface area (Å²) in [6, 6.07) is 2.99. The molecule has 0 saturated heterocycles. The summed E-state index contributed by atoms with van der Waals surface area (Å²) in [5.74, 6) is -0.815. The first-order valence-electron chi connectivity index (χ1n) is 5.37. The molecule has 0 aliphatic rings. The number of hydrogen-bond acceptors (Lipinski definition) is 2. The first kappa shape index (κ1) is 12.5. The van der Waals surface area contributed by atoms with Crippen molar-refractivity contribution in [3.8, 4) is 0 Å². The molecule has 0 saturated carbocycles. The molecule has 16 heavy (non-hydrogen) atoms. The van der Waals surface area contributed by atoms with E-state index in [-0.39, 0.29) is 17.9 Å².